The van der Waals surface area contributed by atoms with E-state index in [4.69, 9.17) is 20.8 Å². The van der Waals surface area contributed by atoms with Crippen LogP contribution >= 0.6 is 11.6 Å². The Bertz CT molecular complexity index is 481. The predicted molar refractivity (Wildman–Crippen MR) is 70.7 cm³/mol. The largest absolute Gasteiger partial charge is 0.481 e. The van der Waals surface area contributed by atoms with Crippen molar-refractivity contribution < 1.29 is 23.8 Å². The molecule has 1 fully saturated rings. The van der Waals surface area contributed by atoms with Crippen molar-refractivity contribution in [1.29, 1.82) is 0 Å². The molecule has 0 saturated carbocycles. The summed E-state index contributed by atoms with van der Waals surface area (Å²) in [6.45, 7) is 1.20. The topological polar surface area (TPSA) is 88.8 Å². The number of carboxylic acid groups (broad SMARTS) is 1. The number of nitrogens with one attached hydrogen (secondary N) is 1. The minimum atomic E-state index is -0.908. The molecular weight excluding hydrogens is 286 g/mol. The smallest absolute Gasteiger partial charge is 0.308 e. The lowest BCUT2D eigenvalue weighted by Crippen LogP contribution is -2.38. The number of amides is 1. The first-order valence-electron chi connectivity index (χ1n) is 6.42. The molecule has 0 aliphatic carbocycles. The second-order valence-electron chi connectivity index (χ2n) is 4.71. The second kappa shape index (κ2) is 6.76. The third kappa shape index (κ3) is 3.74. The van der Waals surface area contributed by atoms with Crippen molar-refractivity contribution in [2.75, 3.05) is 19.8 Å². The molecule has 1 saturated heterocycles. The average molecular weight is 302 g/mol. The molecule has 20 heavy (non-hydrogen) atoms. The van der Waals surface area contributed by atoms with E-state index in [0.29, 0.717) is 26.1 Å². The number of hydrogen-bond donors (Lipinski definition) is 2. The first kappa shape index (κ1) is 14.9. The number of rotatable bonds is 5. The van der Waals surface area contributed by atoms with Gasteiger partial charge in [0.15, 0.2) is 11.0 Å². The lowest BCUT2D eigenvalue weighted by molar-refractivity contribution is -0.144. The third-order valence-electron chi connectivity index (χ3n) is 3.43. The number of hydrogen-bond acceptors (Lipinski definition) is 4. The molecule has 2 heterocycles. The molecule has 1 aliphatic heterocycles. The van der Waals surface area contributed by atoms with Crippen molar-refractivity contribution in [3.63, 3.8) is 0 Å². The Morgan fingerprint density at radius 1 is 1.40 bits per heavy atom. The monoisotopic (exact) mass is 301 g/mol. The molecule has 2 N–H and O–H groups in total. The summed E-state index contributed by atoms with van der Waals surface area (Å²) >= 11 is 5.58. The Morgan fingerprint density at radius 2 is 2.10 bits per heavy atom. The second-order valence-corrected chi connectivity index (χ2v) is 5.08. The zero-order valence-corrected chi connectivity index (χ0v) is 11.6. The molecule has 0 bridgehead atoms. The number of carbonyl (C=O) groups excluding carboxylic acids is 1. The number of aliphatic carboxylic acids is 1. The van der Waals surface area contributed by atoms with Crippen molar-refractivity contribution in [1.82, 2.24) is 5.32 Å². The molecule has 1 aliphatic rings. The lowest BCUT2D eigenvalue weighted by atomic mass is 9.86. The molecule has 1 aromatic rings. The van der Waals surface area contributed by atoms with Gasteiger partial charge >= 0.3 is 5.97 Å². The fraction of sp³-hybridized carbons (Fsp3) is 0.538. The van der Waals surface area contributed by atoms with Crippen LogP contribution < -0.4 is 5.32 Å². The number of halogens is 1. The van der Waals surface area contributed by atoms with Crippen LogP contribution in [0.15, 0.2) is 16.5 Å². The van der Waals surface area contributed by atoms with E-state index in [1.54, 1.807) is 0 Å². The van der Waals surface area contributed by atoms with Crippen molar-refractivity contribution in [3.05, 3.63) is 23.1 Å². The molecule has 0 aromatic carbocycles. The molecule has 1 amide bonds. The Balaban J connectivity index is 1.91. The highest BCUT2D eigenvalue weighted by Crippen LogP contribution is 2.24. The third-order valence-corrected chi connectivity index (χ3v) is 3.63. The van der Waals surface area contributed by atoms with E-state index in [1.807, 2.05) is 0 Å². The van der Waals surface area contributed by atoms with Crippen LogP contribution in [0, 0.1) is 11.8 Å². The summed E-state index contributed by atoms with van der Waals surface area (Å²) in [7, 11) is 0. The van der Waals surface area contributed by atoms with Gasteiger partial charge in [-0.1, -0.05) is 0 Å². The summed E-state index contributed by atoms with van der Waals surface area (Å²) < 4.78 is 10.2. The van der Waals surface area contributed by atoms with E-state index in [-0.39, 0.29) is 23.4 Å². The summed E-state index contributed by atoms with van der Waals surface area (Å²) in [4.78, 5) is 23.1. The van der Waals surface area contributed by atoms with Crippen LogP contribution in [0.25, 0.3) is 0 Å². The Labute approximate surface area is 121 Å². The molecule has 6 nitrogen and oxygen atoms in total. The molecule has 2 rings (SSSR count). The van der Waals surface area contributed by atoms with Crippen molar-refractivity contribution >= 4 is 23.5 Å². The minimum Gasteiger partial charge on any atom is -0.481 e. The molecule has 1 unspecified atom stereocenters. The van der Waals surface area contributed by atoms with Gasteiger partial charge in [-0.25, -0.2) is 0 Å². The molecule has 0 spiro atoms. The van der Waals surface area contributed by atoms with Crippen LogP contribution in [0.4, 0.5) is 0 Å². The van der Waals surface area contributed by atoms with Gasteiger partial charge in [-0.15, -0.1) is 0 Å². The van der Waals surface area contributed by atoms with E-state index >= 15 is 0 Å². The highest BCUT2D eigenvalue weighted by molar-refractivity contribution is 6.29. The molecule has 1 atom stereocenters. The quantitative estimate of drug-likeness (QED) is 0.865. The van der Waals surface area contributed by atoms with E-state index < -0.39 is 17.8 Å². The van der Waals surface area contributed by atoms with Crippen LogP contribution in [-0.2, 0) is 9.53 Å². The van der Waals surface area contributed by atoms with E-state index in [0.717, 1.165) is 0 Å². The van der Waals surface area contributed by atoms with Gasteiger partial charge in [0, 0.05) is 19.8 Å². The number of ether oxygens (including phenoxy) is 1. The van der Waals surface area contributed by atoms with Gasteiger partial charge in [0.05, 0.1) is 5.92 Å². The molecule has 7 heteroatoms. The van der Waals surface area contributed by atoms with Crippen LogP contribution in [0.1, 0.15) is 23.4 Å². The summed E-state index contributed by atoms with van der Waals surface area (Å²) in [5, 5.41) is 12.0. The van der Waals surface area contributed by atoms with Gasteiger partial charge in [0.2, 0.25) is 0 Å². The van der Waals surface area contributed by atoms with Gasteiger partial charge in [-0.2, -0.15) is 0 Å². The van der Waals surface area contributed by atoms with E-state index in [9.17, 15) is 14.7 Å². The first-order chi connectivity index (χ1) is 9.58. The van der Waals surface area contributed by atoms with Crippen LogP contribution in [0.5, 0.6) is 0 Å². The zero-order chi connectivity index (χ0) is 14.5. The highest BCUT2D eigenvalue weighted by Gasteiger charge is 2.30. The fourth-order valence-corrected chi connectivity index (χ4v) is 2.45. The van der Waals surface area contributed by atoms with Gasteiger partial charge in [0.1, 0.15) is 0 Å². The predicted octanol–water partition coefficient (Wildman–Crippen LogP) is 1.79. The van der Waals surface area contributed by atoms with E-state index in [2.05, 4.69) is 5.32 Å². The van der Waals surface area contributed by atoms with Gasteiger partial charge < -0.3 is 19.6 Å². The molecule has 1 aromatic heterocycles. The SMILES string of the molecule is O=C(NCC(C(=O)O)C1CCOCC1)c1ccc(Cl)o1. The van der Waals surface area contributed by atoms with Crippen molar-refractivity contribution in [3.8, 4) is 0 Å². The molecule has 110 valence electrons. The molecule has 0 radical (unpaired) electrons. The number of carbonyl (C=O) groups is 2. The van der Waals surface area contributed by atoms with Gasteiger partial charge in [0.25, 0.3) is 5.91 Å². The van der Waals surface area contributed by atoms with Gasteiger partial charge in [-0.3, -0.25) is 9.59 Å². The first-order valence-corrected chi connectivity index (χ1v) is 6.80. The highest BCUT2D eigenvalue weighted by atomic mass is 35.5. The summed E-state index contributed by atoms with van der Waals surface area (Å²) in [5.41, 5.74) is 0. The average Bonchev–Trinajstić information content (AvgIpc) is 2.86. The van der Waals surface area contributed by atoms with E-state index in [1.165, 1.54) is 12.1 Å². The fourth-order valence-electron chi connectivity index (χ4n) is 2.30. The summed E-state index contributed by atoms with van der Waals surface area (Å²) in [6.07, 6.45) is 1.39. The zero-order valence-electron chi connectivity index (χ0n) is 10.8. The van der Waals surface area contributed by atoms with Gasteiger partial charge in [-0.05, 0) is 42.5 Å². The van der Waals surface area contributed by atoms with Crippen LogP contribution in [0.3, 0.4) is 0 Å². The van der Waals surface area contributed by atoms with Crippen LogP contribution in [0.2, 0.25) is 5.22 Å². The number of carboxylic acids is 1. The summed E-state index contributed by atoms with van der Waals surface area (Å²) in [5.74, 6) is -1.90. The van der Waals surface area contributed by atoms with Crippen LogP contribution in [-0.4, -0.2) is 36.7 Å². The number of furan rings is 1. The minimum absolute atomic E-state index is 0.0155. The maximum atomic E-state index is 11.8. The normalized spacial score (nSPS) is 17.6. The summed E-state index contributed by atoms with van der Waals surface area (Å²) in [6, 6.07) is 2.91. The molecular formula is C13H16ClNO5. The Kier molecular flexibility index (Phi) is 5.03. The van der Waals surface area contributed by atoms with Crippen molar-refractivity contribution in [2.45, 2.75) is 12.8 Å². The Hall–Kier alpha value is -1.53. The van der Waals surface area contributed by atoms with Crippen molar-refractivity contribution in [2.24, 2.45) is 11.8 Å². The maximum Gasteiger partial charge on any atom is 0.308 e. The Morgan fingerprint density at radius 3 is 2.65 bits per heavy atom. The maximum absolute atomic E-state index is 11.8. The standard InChI is InChI=1S/C13H16ClNO5/c14-11-2-1-10(20-11)12(16)15-7-9(13(17)18)8-3-5-19-6-4-8/h1-2,8-9H,3-7H2,(H,15,16)(H,17,18). The lowest BCUT2D eigenvalue weighted by Gasteiger charge is -2.27.